The van der Waals surface area contributed by atoms with Gasteiger partial charge in [0.15, 0.2) is 0 Å². The fraction of sp³-hybridized carbons (Fsp3) is 1.00. The van der Waals surface area contributed by atoms with Crippen molar-refractivity contribution in [3.05, 3.63) is 0 Å². The number of hydrogen-bond donors (Lipinski definition) is 0. The highest BCUT2D eigenvalue weighted by Crippen LogP contribution is 2.45. The zero-order valence-electron chi connectivity index (χ0n) is 18.7. The van der Waals surface area contributed by atoms with Crippen LogP contribution in [0.4, 0.5) is 0 Å². The van der Waals surface area contributed by atoms with Crippen LogP contribution in [0.15, 0.2) is 0 Å². The Morgan fingerprint density at radius 3 is 1.23 bits per heavy atom. The van der Waals surface area contributed by atoms with Crippen LogP contribution in [0.2, 0.25) is 0 Å². The molecule has 1 aliphatic rings. The molecule has 0 aromatic heterocycles. The SMILES string of the molecule is CCC(CC)(CC)OOC1(OOC(CC)(CC)CC)C(C)CCCC1C. The fourth-order valence-corrected chi connectivity index (χ4v) is 4.12. The van der Waals surface area contributed by atoms with Gasteiger partial charge < -0.3 is 0 Å². The molecular weight excluding hydrogens is 328 g/mol. The van der Waals surface area contributed by atoms with Crippen LogP contribution in [0.1, 0.15) is 113 Å². The highest BCUT2D eigenvalue weighted by atomic mass is 17.3. The Hall–Kier alpha value is -0.160. The molecule has 4 nitrogen and oxygen atoms in total. The lowest BCUT2D eigenvalue weighted by molar-refractivity contribution is -0.570. The zero-order chi connectivity index (χ0) is 19.8. The topological polar surface area (TPSA) is 36.9 Å². The zero-order valence-corrected chi connectivity index (χ0v) is 18.7. The summed E-state index contributed by atoms with van der Waals surface area (Å²) in [4.78, 5) is 24.7. The molecule has 0 saturated heterocycles. The second kappa shape index (κ2) is 10.4. The highest BCUT2D eigenvalue weighted by molar-refractivity contribution is 4.86. The Labute approximate surface area is 162 Å². The molecule has 4 heteroatoms. The van der Waals surface area contributed by atoms with Crippen LogP contribution in [-0.2, 0) is 19.6 Å². The summed E-state index contributed by atoms with van der Waals surface area (Å²) in [6.07, 6.45) is 8.83. The quantitative estimate of drug-likeness (QED) is 0.210. The second-order valence-corrected chi connectivity index (χ2v) is 8.28. The van der Waals surface area contributed by atoms with E-state index in [1.807, 2.05) is 0 Å². The van der Waals surface area contributed by atoms with E-state index >= 15 is 0 Å². The van der Waals surface area contributed by atoms with Crippen LogP contribution >= 0.6 is 0 Å². The summed E-state index contributed by atoms with van der Waals surface area (Å²) in [5.74, 6) is -0.399. The Bertz CT molecular complexity index is 335. The summed E-state index contributed by atoms with van der Waals surface area (Å²) in [7, 11) is 0. The van der Waals surface area contributed by atoms with Gasteiger partial charge in [0.1, 0.15) is 11.2 Å². The standard InChI is InChI=1S/C22H44O4/c1-9-20(10-2,11-3)23-25-22(18(7)16-15-17-19(22)8)26-24-21(12-4,13-5)14-6/h18-19H,9-17H2,1-8H3. The maximum absolute atomic E-state index is 6.21. The first-order valence-electron chi connectivity index (χ1n) is 11.1. The summed E-state index contributed by atoms with van der Waals surface area (Å²) < 4.78 is 0. The second-order valence-electron chi connectivity index (χ2n) is 8.28. The first kappa shape index (κ1) is 23.9. The van der Waals surface area contributed by atoms with E-state index in [2.05, 4.69) is 55.4 Å². The van der Waals surface area contributed by atoms with Crippen molar-refractivity contribution in [2.45, 2.75) is 130 Å². The van der Waals surface area contributed by atoms with Crippen molar-refractivity contribution in [2.75, 3.05) is 0 Å². The molecule has 0 radical (unpaired) electrons. The normalized spacial score (nSPS) is 24.0. The van der Waals surface area contributed by atoms with E-state index in [0.717, 1.165) is 51.4 Å². The van der Waals surface area contributed by atoms with Crippen molar-refractivity contribution in [1.29, 1.82) is 0 Å². The van der Waals surface area contributed by atoms with Gasteiger partial charge in [0.05, 0.1) is 0 Å². The Balaban J connectivity index is 3.04. The van der Waals surface area contributed by atoms with Crippen molar-refractivity contribution in [1.82, 2.24) is 0 Å². The third-order valence-electron chi connectivity index (χ3n) is 7.21. The first-order valence-corrected chi connectivity index (χ1v) is 11.1. The van der Waals surface area contributed by atoms with Crippen LogP contribution in [0.3, 0.4) is 0 Å². The lowest BCUT2D eigenvalue weighted by Crippen LogP contribution is -2.53. The maximum Gasteiger partial charge on any atom is 0.238 e. The molecule has 1 saturated carbocycles. The average Bonchev–Trinajstić information content (AvgIpc) is 2.68. The molecule has 0 aliphatic heterocycles. The predicted octanol–water partition coefficient (Wildman–Crippen LogP) is 6.97. The predicted molar refractivity (Wildman–Crippen MR) is 106 cm³/mol. The van der Waals surface area contributed by atoms with Crippen LogP contribution in [0.25, 0.3) is 0 Å². The molecule has 0 aromatic rings. The third-order valence-corrected chi connectivity index (χ3v) is 7.21. The molecule has 2 unspecified atom stereocenters. The van der Waals surface area contributed by atoms with Crippen molar-refractivity contribution in [2.24, 2.45) is 11.8 Å². The van der Waals surface area contributed by atoms with Gasteiger partial charge in [-0.1, -0.05) is 61.8 Å². The van der Waals surface area contributed by atoms with Crippen molar-refractivity contribution in [3.63, 3.8) is 0 Å². The van der Waals surface area contributed by atoms with E-state index in [0.29, 0.717) is 0 Å². The van der Waals surface area contributed by atoms with E-state index in [-0.39, 0.29) is 23.0 Å². The molecule has 0 aromatic carbocycles. The number of rotatable bonds is 12. The Morgan fingerprint density at radius 2 is 0.962 bits per heavy atom. The van der Waals surface area contributed by atoms with Crippen molar-refractivity contribution in [3.8, 4) is 0 Å². The molecule has 1 rings (SSSR count). The first-order chi connectivity index (χ1) is 12.3. The molecule has 0 bridgehead atoms. The average molecular weight is 373 g/mol. The van der Waals surface area contributed by atoms with Gasteiger partial charge in [0.25, 0.3) is 0 Å². The van der Waals surface area contributed by atoms with Gasteiger partial charge in [-0.15, -0.1) is 0 Å². The largest absolute Gasteiger partial charge is 0.238 e. The maximum atomic E-state index is 6.21. The monoisotopic (exact) mass is 372 g/mol. The van der Waals surface area contributed by atoms with Crippen molar-refractivity contribution < 1.29 is 19.6 Å². The minimum atomic E-state index is -0.840. The molecule has 0 spiro atoms. The molecule has 1 fully saturated rings. The van der Waals surface area contributed by atoms with Gasteiger partial charge in [-0.2, -0.15) is 9.78 Å². The molecule has 1 aliphatic carbocycles. The lowest BCUT2D eigenvalue weighted by atomic mass is 9.77. The fourth-order valence-electron chi connectivity index (χ4n) is 4.12. The molecule has 0 heterocycles. The van der Waals surface area contributed by atoms with Gasteiger partial charge in [0, 0.05) is 11.8 Å². The molecule has 26 heavy (non-hydrogen) atoms. The molecule has 2 atom stereocenters. The van der Waals surface area contributed by atoms with E-state index in [9.17, 15) is 0 Å². The highest BCUT2D eigenvalue weighted by Gasteiger charge is 2.51. The molecular formula is C22H44O4. The minimum Gasteiger partial charge on any atom is -0.227 e. The van der Waals surface area contributed by atoms with Crippen LogP contribution in [-0.4, -0.2) is 17.0 Å². The molecule has 0 amide bonds. The summed E-state index contributed by atoms with van der Waals surface area (Å²) in [5.41, 5.74) is -0.519. The Kier molecular flexibility index (Phi) is 9.55. The Morgan fingerprint density at radius 1 is 0.654 bits per heavy atom. The van der Waals surface area contributed by atoms with E-state index in [4.69, 9.17) is 19.6 Å². The van der Waals surface area contributed by atoms with Gasteiger partial charge in [-0.25, -0.2) is 9.78 Å². The van der Waals surface area contributed by atoms with Crippen molar-refractivity contribution >= 4 is 0 Å². The summed E-state index contributed by atoms with van der Waals surface area (Å²) in [6.45, 7) is 17.3. The van der Waals surface area contributed by atoms with E-state index < -0.39 is 5.79 Å². The van der Waals surface area contributed by atoms with Crippen LogP contribution in [0.5, 0.6) is 0 Å². The van der Waals surface area contributed by atoms with Gasteiger partial charge in [0.2, 0.25) is 5.79 Å². The molecule has 156 valence electrons. The van der Waals surface area contributed by atoms with Gasteiger partial charge in [-0.05, 0) is 51.4 Å². The summed E-state index contributed by atoms with van der Waals surface area (Å²) >= 11 is 0. The summed E-state index contributed by atoms with van der Waals surface area (Å²) in [6, 6.07) is 0. The van der Waals surface area contributed by atoms with Gasteiger partial charge in [-0.3, -0.25) is 0 Å². The van der Waals surface area contributed by atoms with E-state index in [1.165, 1.54) is 6.42 Å². The minimum absolute atomic E-state index is 0.220. The number of hydrogen-bond acceptors (Lipinski definition) is 4. The van der Waals surface area contributed by atoms with Gasteiger partial charge >= 0.3 is 0 Å². The summed E-state index contributed by atoms with van der Waals surface area (Å²) in [5, 5.41) is 0. The van der Waals surface area contributed by atoms with Crippen LogP contribution < -0.4 is 0 Å². The van der Waals surface area contributed by atoms with Crippen LogP contribution in [0, 0.1) is 11.8 Å². The lowest BCUT2D eigenvalue weighted by Gasteiger charge is -2.47. The smallest absolute Gasteiger partial charge is 0.227 e. The third kappa shape index (κ3) is 5.01. The molecule has 0 N–H and O–H groups in total. The van der Waals surface area contributed by atoms with E-state index in [1.54, 1.807) is 0 Å².